The summed E-state index contributed by atoms with van der Waals surface area (Å²) in [7, 11) is 1.59. The minimum atomic E-state index is -0.232. The molecular weight excluding hydrogens is 362 g/mol. The Morgan fingerprint density at radius 2 is 1.86 bits per heavy atom. The third-order valence-electron chi connectivity index (χ3n) is 5.24. The van der Waals surface area contributed by atoms with Crippen molar-refractivity contribution in [1.82, 2.24) is 10.2 Å². The SMILES string of the molecule is CCOC(=O)C1CCN(C(=O)N[C@H]2CC(=O)N(c3ccc(OC)cc3)C2)CC1. The van der Waals surface area contributed by atoms with E-state index in [4.69, 9.17) is 9.47 Å². The Morgan fingerprint density at radius 3 is 2.46 bits per heavy atom. The lowest BCUT2D eigenvalue weighted by atomic mass is 9.97. The van der Waals surface area contributed by atoms with Gasteiger partial charge in [0.25, 0.3) is 0 Å². The third-order valence-corrected chi connectivity index (χ3v) is 5.24. The maximum Gasteiger partial charge on any atom is 0.317 e. The van der Waals surface area contributed by atoms with Crippen molar-refractivity contribution in [3.05, 3.63) is 24.3 Å². The van der Waals surface area contributed by atoms with Crippen LogP contribution in [0.3, 0.4) is 0 Å². The van der Waals surface area contributed by atoms with Crippen LogP contribution < -0.4 is 15.0 Å². The van der Waals surface area contributed by atoms with Gasteiger partial charge in [-0.15, -0.1) is 0 Å². The molecule has 0 spiro atoms. The summed E-state index contributed by atoms with van der Waals surface area (Å²) in [4.78, 5) is 40.1. The summed E-state index contributed by atoms with van der Waals surface area (Å²) in [6.45, 7) is 3.63. The van der Waals surface area contributed by atoms with Crippen LogP contribution in [0.2, 0.25) is 0 Å². The minimum Gasteiger partial charge on any atom is -0.497 e. The van der Waals surface area contributed by atoms with Crippen LogP contribution in [0.1, 0.15) is 26.2 Å². The third kappa shape index (κ3) is 4.55. The van der Waals surface area contributed by atoms with Crippen molar-refractivity contribution in [2.45, 2.75) is 32.2 Å². The van der Waals surface area contributed by atoms with Crippen molar-refractivity contribution >= 4 is 23.6 Å². The number of anilines is 1. The molecule has 1 aromatic carbocycles. The van der Waals surface area contributed by atoms with Crippen molar-refractivity contribution in [2.24, 2.45) is 5.92 Å². The quantitative estimate of drug-likeness (QED) is 0.776. The first-order valence-corrected chi connectivity index (χ1v) is 9.68. The number of nitrogens with zero attached hydrogens (tertiary/aromatic N) is 2. The average molecular weight is 389 g/mol. The summed E-state index contributed by atoms with van der Waals surface area (Å²) in [5.74, 6) is 0.393. The van der Waals surface area contributed by atoms with Crippen LogP contribution in [0.15, 0.2) is 24.3 Å². The van der Waals surface area contributed by atoms with Crippen molar-refractivity contribution in [3.63, 3.8) is 0 Å². The highest BCUT2D eigenvalue weighted by Crippen LogP contribution is 2.24. The Kier molecular flexibility index (Phi) is 6.38. The molecule has 1 aromatic rings. The smallest absolute Gasteiger partial charge is 0.317 e. The zero-order valence-corrected chi connectivity index (χ0v) is 16.3. The topological polar surface area (TPSA) is 88.2 Å². The summed E-state index contributed by atoms with van der Waals surface area (Å²) >= 11 is 0. The number of carbonyl (C=O) groups excluding carboxylic acids is 3. The molecule has 3 rings (SSSR count). The van der Waals surface area contributed by atoms with Crippen LogP contribution in [-0.2, 0) is 14.3 Å². The lowest BCUT2D eigenvalue weighted by Gasteiger charge is -2.31. The second-order valence-corrected chi connectivity index (χ2v) is 7.07. The molecule has 2 heterocycles. The van der Waals surface area contributed by atoms with Crippen molar-refractivity contribution in [2.75, 3.05) is 38.3 Å². The van der Waals surface area contributed by atoms with E-state index in [0.29, 0.717) is 39.1 Å². The lowest BCUT2D eigenvalue weighted by Crippen LogP contribution is -2.49. The van der Waals surface area contributed by atoms with Gasteiger partial charge in [-0.3, -0.25) is 9.59 Å². The molecule has 0 aliphatic carbocycles. The molecule has 0 radical (unpaired) electrons. The van der Waals surface area contributed by atoms with Crippen LogP contribution in [0.5, 0.6) is 5.75 Å². The fraction of sp³-hybridized carbons (Fsp3) is 0.550. The highest BCUT2D eigenvalue weighted by molar-refractivity contribution is 5.96. The number of amides is 3. The minimum absolute atomic E-state index is 0.0171. The molecule has 8 nitrogen and oxygen atoms in total. The van der Waals surface area contributed by atoms with E-state index in [1.165, 1.54) is 0 Å². The molecule has 3 amide bonds. The number of rotatable bonds is 5. The summed E-state index contributed by atoms with van der Waals surface area (Å²) in [5, 5.41) is 2.95. The summed E-state index contributed by atoms with van der Waals surface area (Å²) in [6.07, 6.45) is 1.48. The number of ether oxygens (including phenoxy) is 2. The van der Waals surface area contributed by atoms with Crippen LogP contribution >= 0.6 is 0 Å². The summed E-state index contributed by atoms with van der Waals surface area (Å²) < 4.78 is 10.2. The first kappa shape index (κ1) is 20.0. The van der Waals surface area contributed by atoms with Gasteiger partial charge in [-0.05, 0) is 44.0 Å². The van der Waals surface area contributed by atoms with Gasteiger partial charge in [0.1, 0.15) is 5.75 Å². The van der Waals surface area contributed by atoms with Gasteiger partial charge >= 0.3 is 12.0 Å². The average Bonchev–Trinajstić information content (AvgIpc) is 3.08. The number of carbonyl (C=O) groups is 3. The number of nitrogens with one attached hydrogen (secondary N) is 1. The molecular formula is C20H27N3O5. The fourth-order valence-electron chi connectivity index (χ4n) is 3.66. The van der Waals surface area contributed by atoms with Crippen molar-refractivity contribution in [3.8, 4) is 5.75 Å². The Labute approximate surface area is 164 Å². The number of piperidine rings is 1. The number of urea groups is 1. The first-order valence-electron chi connectivity index (χ1n) is 9.68. The van der Waals surface area contributed by atoms with E-state index in [0.717, 1.165) is 11.4 Å². The number of hydrogen-bond acceptors (Lipinski definition) is 5. The molecule has 2 fully saturated rings. The molecule has 28 heavy (non-hydrogen) atoms. The van der Waals surface area contributed by atoms with E-state index in [-0.39, 0.29) is 36.3 Å². The Balaban J connectivity index is 1.50. The van der Waals surface area contributed by atoms with E-state index in [2.05, 4.69) is 5.32 Å². The number of likely N-dealkylation sites (tertiary alicyclic amines) is 1. The van der Waals surface area contributed by atoms with Gasteiger partial charge < -0.3 is 24.6 Å². The summed E-state index contributed by atoms with van der Waals surface area (Å²) in [6, 6.07) is 6.87. The molecule has 1 atom stereocenters. The van der Waals surface area contributed by atoms with Gasteiger partial charge in [-0.2, -0.15) is 0 Å². The maximum absolute atomic E-state index is 12.5. The Morgan fingerprint density at radius 1 is 1.18 bits per heavy atom. The van der Waals surface area contributed by atoms with Gasteiger partial charge in [-0.25, -0.2) is 4.79 Å². The van der Waals surface area contributed by atoms with Gasteiger partial charge in [0.15, 0.2) is 0 Å². The number of esters is 1. The number of methoxy groups -OCH3 is 1. The second-order valence-electron chi connectivity index (χ2n) is 7.07. The largest absolute Gasteiger partial charge is 0.497 e. The van der Waals surface area contributed by atoms with E-state index in [9.17, 15) is 14.4 Å². The predicted octanol–water partition coefficient (Wildman–Crippen LogP) is 1.79. The zero-order valence-electron chi connectivity index (χ0n) is 16.3. The maximum atomic E-state index is 12.5. The van der Waals surface area contributed by atoms with Crippen LogP contribution in [0, 0.1) is 5.92 Å². The Hall–Kier alpha value is -2.77. The predicted molar refractivity (Wildman–Crippen MR) is 103 cm³/mol. The lowest BCUT2D eigenvalue weighted by molar-refractivity contribution is -0.149. The van der Waals surface area contributed by atoms with Gasteiger partial charge in [0, 0.05) is 31.7 Å². The Bertz CT molecular complexity index is 713. The second kappa shape index (κ2) is 8.95. The molecule has 0 bridgehead atoms. The molecule has 0 saturated carbocycles. The van der Waals surface area contributed by atoms with E-state index in [1.54, 1.807) is 23.8 Å². The summed E-state index contributed by atoms with van der Waals surface area (Å²) in [5.41, 5.74) is 0.790. The standard InChI is InChI=1S/C20H27N3O5/c1-3-28-19(25)14-8-10-22(11-9-14)20(26)21-15-12-18(24)23(13-15)16-4-6-17(27-2)7-5-16/h4-7,14-15H,3,8-13H2,1-2H3,(H,21,26)/t15-/m0/s1. The van der Waals surface area contributed by atoms with E-state index >= 15 is 0 Å². The molecule has 1 N–H and O–H groups in total. The van der Waals surface area contributed by atoms with Crippen LogP contribution in [-0.4, -0.2) is 62.2 Å². The highest BCUT2D eigenvalue weighted by Gasteiger charge is 2.34. The van der Waals surface area contributed by atoms with Gasteiger partial charge in [-0.1, -0.05) is 0 Å². The fourth-order valence-corrected chi connectivity index (χ4v) is 3.66. The molecule has 0 aromatic heterocycles. The molecule has 2 saturated heterocycles. The van der Waals surface area contributed by atoms with Crippen LogP contribution in [0.25, 0.3) is 0 Å². The van der Waals surface area contributed by atoms with E-state index in [1.807, 2.05) is 24.3 Å². The number of hydrogen-bond donors (Lipinski definition) is 1. The molecule has 2 aliphatic heterocycles. The number of benzene rings is 1. The zero-order chi connectivity index (χ0) is 20.1. The van der Waals surface area contributed by atoms with Crippen LogP contribution in [0.4, 0.5) is 10.5 Å². The van der Waals surface area contributed by atoms with Gasteiger partial charge in [0.2, 0.25) is 5.91 Å². The first-order chi connectivity index (χ1) is 13.5. The monoisotopic (exact) mass is 389 g/mol. The molecule has 0 unspecified atom stereocenters. The highest BCUT2D eigenvalue weighted by atomic mass is 16.5. The molecule has 152 valence electrons. The van der Waals surface area contributed by atoms with Crippen molar-refractivity contribution < 1.29 is 23.9 Å². The molecule has 2 aliphatic rings. The molecule has 8 heteroatoms. The van der Waals surface area contributed by atoms with Gasteiger partial charge in [0.05, 0.1) is 25.7 Å². The normalized spacial score (nSPS) is 20.2. The van der Waals surface area contributed by atoms with Crippen molar-refractivity contribution in [1.29, 1.82) is 0 Å². The van der Waals surface area contributed by atoms with E-state index < -0.39 is 0 Å².